The summed E-state index contributed by atoms with van der Waals surface area (Å²) in [5, 5.41) is 0. The second kappa shape index (κ2) is 7.67. The first kappa shape index (κ1) is 16.8. The summed E-state index contributed by atoms with van der Waals surface area (Å²) in [4.78, 5) is 13.7. The van der Waals surface area contributed by atoms with Crippen LogP contribution in [0.25, 0.3) is 0 Å². The van der Waals surface area contributed by atoms with Crippen LogP contribution >= 0.6 is 0 Å². The highest BCUT2D eigenvalue weighted by atomic mass is 14.8. The first-order valence-electron chi connectivity index (χ1n) is 8.30. The van der Waals surface area contributed by atoms with Crippen molar-refractivity contribution in [2.75, 3.05) is 0 Å². The molecule has 3 aromatic rings. The topological polar surface area (TPSA) is 37.6 Å². The predicted molar refractivity (Wildman–Crippen MR) is 106 cm³/mol. The van der Waals surface area contributed by atoms with E-state index in [4.69, 9.17) is 0 Å². The van der Waals surface area contributed by atoms with E-state index >= 15 is 0 Å². The summed E-state index contributed by atoms with van der Waals surface area (Å²) >= 11 is 0. The van der Waals surface area contributed by atoms with E-state index in [1.54, 1.807) is 6.21 Å². The van der Waals surface area contributed by atoms with Gasteiger partial charge in [0.15, 0.2) is 0 Å². The van der Waals surface area contributed by atoms with Crippen molar-refractivity contribution in [2.45, 2.75) is 20.8 Å². The largest absolute Gasteiger partial charge is 0.255 e. The molecule has 0 spiro atoms. The van der Waals surface area contributed by atoms with Gasteiger partial charge in [0, 0.05) is 0 Å². The number of hydrogen-bond donors (Lipinski definition) is 0. The number of benzene rings is 2. The van der Waals surface area contributed by atoms with Crippen LogP contribution in [0.3, 0.4) is 0 Å². The first-order chi connectivity index (χ1) is 12.1. The fraction of sp³-hybridized carbons (Fsp3) is 0.136. The lowest BCUT2D eigenvalue weighted by Crippen LogP contribution is -1.93. The van der Waals surface area contributed by atoms with Crippen LogP contribution in [-0.4, -0.2) is 17.4 Å². The molecule has 3 nitrogen and oxygen atoms in total. The van der Waals surface area contributed by atoms with Crippen LogP contribution in [0.5, 0.6) is 0 Å². The Bertz CT molecular complexity index is 902. The molecular formula is C22H21N3. The van der Waals surface area contributed by atoms with Crippen LogP contribution in [0.2, 0.25) is 0 Å². The van der Waals surface area contributed by atoms with Crippen molar-refractivity contribution in [2.24, 2.45) is 9.98 Å². The van der Waals surface area contributed by atoms with Gasteiger partial charge in [-0.15, -0.1) is 0 Å². The molecule has 0 fully saturated rings. The van der Waals surface area contributed by atoms with Crippen LogP contribution in [0, 0.1) is 20.8 Å². The Morgan fingerprint density at radius 1 is 0.720 bits per heavy atom. The van der Waals surface area contributed by atoms with E-state index in [9.17, 15) is 0 Å². The van der Waals surface area contributed by atoms with Gasteiger partial charge < -0.3 is 0 Å². The molecule has 0 saturated heterocycles. The van der Waals surface area contributed by atoms with Crippen molar-refractivity contribution in [3.8, 4) is 0 Å². The van der Waals surface area contributed by atoms with Gasteiger partial charge in [-0.25, -0.2) is 4.98 Å². The molecule has 0 radical (unpaired) electrons. The van der Waals surface area contributed by atoms with Gasteiger partial charge in [-0.3, -0.25) is 9.98 Å². The molecule has 0 bridgehead atoms. The van der Waals surface area contributed by atoms with Crippen molar-refractivity contribution in [3.05, 3.63) is 88.7 Å². The molecule has 0 unspecified atom stereocenters. The van der Waals surface area contributed by atoms with Crippen LogP contribution < -0.4 is 0 Å². The van der Waals surface area contributed by atoms with Crippen molar-refractivity contribution in [3.63, 3.8) is 0 Å². The average Bonchev–Trinajstić information content (AvgIpc) is 2.60. The maximum Gasteiger partial charge on any atom is 0.0820 e. The van der Waals surface area contributed by atoms with Gasteiger partial charge in [-0.05, 0) is 56.2 Å². The molecule has 0 N–H and O–H groups in total. The molecule has 0 amide bonds. The van der Waals surface area contributed by atoms with E-state index in [1.165, 1.54) is 16.7 Å². The molecule has 2 aromatic carbocycles. The summed E-state index contributed by atoms with van der Waals surface area (Å²) in [5.41, 5.74) is 7.16. The maximum absolute atomic E-state index is 4.64. The minimum Gasteiger partial charge on any atom is -0.255 e. The normalized spacial score (nSPS) is 11.5. The van der Waals surface area contributed by atoms with Crippen LogP contribution in [-0.2, 0) is 0 Å². The number of aliphatic imine (C=N–C) groups is 2. The number of hydrogen-bond acceptors (Lipinski definition) is 3. The zero-order chi connectivity index (χ0) is 17.6. The highest BCUT2D eigenvalue weighted by molar-refractivity contribution is 5.84. The van der Waals surface area contributed by atoms with Crippen molar-refractivity contribution in [1.82, 2.24) is 4.98 Å². The maximum atomic E-state index is 4.64. The van der Waals surface area contributed by atoms with E-state index in [2.05, 4.69) is 47.9 Å². The molecule has 124 valence electrons. The Kier molecular flexibility index (Phi) is 5.14. The summed E-state index contributed by atoms with van der Waals surface area (Å²) in [7, 11) is 0. The molecule has 3 heteroatoms. The van der Waals surface area contributed by atoms with E-state index < -0.39 is 0 Å². The molecule has 1 heterocycles. The third-order valence-corrected chi connectivity index (χ3v) is 3.86. The zero-order valence-electron chi connectivity index (χ0n) is 14.8. The number of aryl methyl sites for hydroxylation is 3. The number of rotatable bonds is 4. The monoisotopic (exact) mass is 327 g/mol. The molecule has 25 heavy (non-hydrogen) atoms. The molecule has 0 atom stereocenters. The SMILES string of the molecule is Cc1cc(C)c(N=Cc2cccc(C=Nc3ccccc3)n2)c(C)c1. The van der Waals surface area contributed by atoms with Crippen LogP contribution in [0.4, 0.5) is 11.4 Å². The molecular weight excluding hydrogens is 306 g/mol. The molecule has 0 aliphatic rings. The van der Waals surface area contributed by atoms with Gasteiger partial charge in [0.1, 0.15) is 0 Å². The van der Waals surface area contributed by atoms with E-state index in [0.717, 1.165) is 22.8 Å². The van der Waals surface area contributed by atoms with Crippen molar-refractivity contribution < 1.29 is 0 Å². The van der Waals surface area contributed by atoms with Gasteiger partial charge in [0.05, 0.1) is 35.2 Å². The Labute approximate surface area is 148 Å². The molecule has 0 aliphatic heterocycles. The number of pyridine rings is 1. The highest BCUT2D eigenvalue weighted by Crippen LogP contribution is 2.24. The number of aromatic nitrogens is 1. The van der Waals surface area contributed by atoms with E-state index in [-0.39, 0.29) is 0 Å². The van der Waals surface area contributed by atoms with Crippen LogP contribution in [0.1, 0.15) is 28.1 Å². The summed E-state index contributed by atoms with van der Waals surface area (Å²) in [5.74, 6) is 0. The lowest BCUT2D eigenvalue weighted by Gasteiger charge is -2.06. The standard InChI is InChI=1S/C22H21N3/c1-16-12-17(2)22(18(3)13-16)24-15-21-11-7-10-20(25-21)14-23-19-8-5-4-6-9-19/h4-15H,1-3H3. The van der Waals surface area contributed by atoms with Gasteiger partial charge in [0.25, 0.3) is 0 Å². The molecule has 3 rings (SSSR count). The molecule has 1 aromatic heterocycles. The van der Waals surface area contributed by atoms with Gasteiger partial charge in [0.2, 0.25) is 0 Å². The molecule has 0 aliphatic carbocycles. The Hall–Kier alpha value is -3.07. The fourth-order valence-corrected chi connectivity index (χ4v) is 2.77. The van der Waals surface area contributed by atoms with Gasteiger partial charge in [-0.1, -0.05) is 42.0 Å². The Morgan fingerprint density at radius 3 is 1.96 bits per heavy atom. The predicted octanol–water partition coefficient (Wildman–Crippen LogP) is 5.51. The Balaban J connectivity index is 1.82. The second-order valence-corrected chi connectivity index (χ2v) is 6.09. The second-order valence-electron chi connectivity index (χ2n) is 6.09. The first-order valence-corrected chi connectivity index (χ1v) is 8.30. The summed E-state index contributed by atoms with van der Waals surface area (Å²) in [6.45, 7) is 6.27. The third-order valence-electron chi connectivity index (χ3n) is 3.86. The van der Waals surface area contributed by atoms with E-state index in [0.29, 0.717) is 0 Å². The summed E-state index contributed by atoms with van der Waals surface area (Å²) < 4.78 is 0. The molecule has 0 saturated carbocycles. The smallest absolute Gasteiger partial charge is 0.0820 e. The summed E-state index contributed by atoms with van der Waals surface area (Å²) in [6, 6.07) is 20.0. The third kappa shape index (κ3) is 4.48. The lowest BCUT2D eigenvalue weighted by molar-refractivity contribution is 1.26. The van der Waals surface area contributed by atoms with Crippen molar-refractivity contribution >= 4 is 23.8 Å². The average molecular weight is 327 g/mol. The lowest BCUT2D eigenvalue weighted by atomic mass is 10.1. The van der Waals surface area contributed by atoms with Crippen LogP contribution in [0.15, 0.2) is 70.6 Å². The fourth-order valence-electron chi connectivity index (χ4n) is 2.77. The minimum absolute atomic E-state index is 0.810. The number of nitrogens with zero attached hydrogens (tertiary/aromatic N) is 3. The van der Waals surface area contributed by atoms with Gasteiger partial charge in [-0.2, -0.15) is 0 Å². The Morgan fingerprint density at radius 2 is 1.32 bits per heavy atom. The van der Waals surface area contributed by atoms with E-state index in [1.807, 2.05) is 54.7 Å². The van der Waals surface area contributed by atoms with Crippen molar-refractivity contribution in [1.29, 1.82) is 0 Å². The zero-order valence-corrected chi connectivity index (χ0v) is 14.8. The minimum atomic E-state index is 0.810. The highest BCUT2D eigenvalue weighted by Gasteiger charge is 2.02. The van der Waals surface area contributed by atoms with Gasteiger partial charge >= 0.3 is 0 Å². The number of para-hydroxylation sites is 1. The quantitative estimate of drug-likeness (QED) is 0.582. The summed E-state index contributed by atoms with van der Waals surface area (Å²) in [6.07, 6.45) is 3.58.